The Morgan fingerprint density at radius 3 is 2.30 bits per heavy atom. The number of pyridine rings is 1. The van der Waals surface area contributed by atoms with Crippen molar-refractivity contribution in [2.45, 2.75) is 13.8 Å². The van der Waals surface area contributed by atoms with Gasteiger partial charge in [0.2, 0.25) is 0 Å². The third kappa shape index (κ3) is 3.46. The second-order valence-corrected chi connectivity index (χ2v) is 5.57. The average molecular weight is 302 g/mol. The van der Waals surface area contributed by atoms with Gasteiger partial charge in [-0.15, -0.1) is 0 Å². The van der Waals surface area contributed by atoms with Crippen molar-refractivity contribution in [1.29, 1.82) is 0 Å². The maximum absolute atomic E-state index is 12.3. The SMILES string of the molecule is Cc1ccc(NC(=O)c2ccc(-c3ccccc3C)nc2)cc1. The molecule has 0 atom stereocenters. The first-order valence-electron chi connectivity index (χ1n) is 7.53. The predicted molar refractivity (Wildman–Crippen MR) is 93.5 cm³/mol. The molecule has 0 fully saturated rings. The number of carbonyl (C=O) groups excluding carboxylic acids is 1. The van der Waals surface area contributed by atoms with Gasteiger partial charge in [0, 0.05) is 17.4 Å². The molecule has 0 unspecified atom stereocenters. The van der Waals surface area contributed by atoms with Crippen LogP contribution in [0.3, 0.4) is 0 Å². The number of benzene rings is 2. The molecule has 0 saturated heterocycles. The fourth-order valence-corrected chi connectivity index (χ4v) is 2.39. The van der Waals surface area contributed by atoms with Gasteiger partial charge in [0.05, 0.1) is 11.3 Å². The molecule has 114 valence electrons. The van der Waals surface area contributed by atoms with Crippen molar-refractivity contribution in [2.75, 3.05) is 5.32 Å². The van der Waals surface area contributed by atoms with Gasteiger partial charge >= 0.3 is 0 Å². The van der Waals surface area contributed by atoms with Crippen molar-refractivity contribution in [3.05, 3.63) is 83.6 Å². The molecule has 23 heavy (non-hydrogen) atoms. The summed E-state index contributed by atoms with van der Waals surface area (Å²) in [5.74, 6) is -0.155. The first-order chi connectivity index (χ1) is 11.1. The first-order valence-corrected chi connectivity index (χ1v) is 7.53. The molecule has 1 amide bonds. The Kier molecular flexibility index (Phi) is 4.20. The normalized spacial score (nSPS) is 10.3. The summed E-state index contributed by atoms with van der Waals surface area (Å²) in [5.41, 5.74) is 5.60. The molecule has 0 saturated carbocycles. The van der Waals surface area contributed by atoms with E-state index in [9.17, 15) is 4.79 Å². The second kappa shape index (κ2) is 6.44. The fourth-order valence-electron chi connectivity index (χ4n) is 2.39. The molecule has 0 aliphatic heterocycles. The number of amides is 1. The van der Waals surface area contributed by atoms with Gasteiger partial charge in [0.1, 0.15) is 0 Å². The molecule has 1 N–H and O–H groups in total. The molecule has 3 aromatic rings. The van der Waals surface area contributed by atoms with Crippen LogP contribution in [0.15, 0.2) is 66.9 Å². The van der Waals surface area contributed by atoms with Gasteiger partial charge in [-0.1, -0.05) is 42.0 Å². The molecule has 0 aliphatic rings. The molecule has 0 bridgehead atoms. The molecule has 1 aromatic heterocycles. The molecule has 2 aromatic carbocycles. The summed E-state index contributed by atoms with van der Waals surface area (Å²) in [6, 6.07) is 19.5. The molecule has 0 radical (unpaired) electrons. The first kappa shape index (κ1) is 15.0. The van der Waals surface area contributed by atoms with E-state index < -0.39 is 0 Å². The minimum absolute atomic E-state index is 0.155. The zero-order valence-electron chi connectivity index (χ0n) is 13.2. The average Bonchev–Trinajstić information content (AvgIpc) is 2.57. The topological polar surface area (TPSA) is 42.0 Å². The third-order valence-electron chi connectivity index (χ3n) is 3.76. The van der Waals surface area contributed by atoms with E-state index in [1.807, 2.05) is 55.5 Å². The van der Waals surface area contributed by atoms with Gasteiger partial charge in [0.25, 0.3) is 5.91 Å². The van der Waals surface area contributed by atoms with E-state index in [1.165, 1.54) is 0 Å². The van der Waals surface area contributed by atoms with Gasteiger partial charge in [-0.25, -0.2) is 0 Å². The number of rotatable bonds is 3. The van der Waals surface area contributed by atoms with Gasteiger partial charge in [0.15, 0.2) is 0 Å². The van der Waals surface area contributed by atoms with Crippen LogP contribution in [0.5, 0.6) is 0 Å². The molecular weight excluding hydrogens is 284 g/mol. The van der Waals surface area contributed by atoms with Crippen molar-refractivity contribution >= 4 is 11.6 Å². The van der Waals surface area contributed by atoms with Gasteiger partial charge in [-0.3, -0.25) is 9.78 Å². The van der Waals surface area contributed by atoms with Crippen molar-refractivity contribution in [3.8, 4) is 11.3 Å². The van der Waals surface area contributed by atoms with Crippen LogP contribution < -0.4 is 5.32 Å². The lowest BCUT2D eigenvalue weighted by Gasteiger charge is -2.07. The molecule has 3 nitrogen and oxygen atoms in total. The fraction of sp³-hybridized carbons (Fsp3) is 0.100. The van der Waals surface area contributed by atoms with E-state index in [0.29, 0.717) is 5.56 Å². The smallest absolute Gasteiger partial charge is 0.257 e. The van der Waals surface area contributed by atoms with Crippen LogP contribution in [0.4, 0.5) is 5.69 Å². The largest absolute Gasteiger partial charge is 0.322 e. The Morgan fingerprint density at radius 2 is 1.65 bits per heavy atom. The number of hydrogen-bond acceptors (Lipinski definition) is 2. The standard InChI is InChI=1S/C20H18N2O/c1-14-7-10-17(11-8-14)22-20(23)16-9-12-19(21-13-16)18-6-4-3-5-15(18)2/h3-13H,1-2H3,(H,22,23). The molecule has 3 heteroatoms. The highest BCUT2D eigenvalue weighted by Crippen LogP contribution is 2.21. The second-order valence-electron chi connectivity index (χ2n) is 5.57. The number of nitrogens with zero attached hydrogens (tertiary/aromatic N) is 1. The predicted octanol–water partition coefficient (Wildman–Crippen LogP) is 4.62. The minimum Gasteiger partial charge on any atom is -0.322 e. The summed E-state index contributed by atoms with van der Waals surface area (Å²) in [6.07, 6.45) is 1.62. The minimum atomic E-state index is -0.155. The van der Waals surface area contributed by atoms with Crippen LogP contribution in [-0.2, 0) is 0 Å². The van der Waals surface area contributed by atoms with Gasteiger partial charge in [-0.05, 0) is 43.7 Å². The Morgan fingerprint density at radius 1 is 0.913 bits per heavy atom. The highest BCUT2D eigenvalue weighted by atomic mass is 16.1. The monoisotopic (exact) mass is 302 g/mol. The summed E-state index contributed by atoms with van der Waals surface area (Å²) in [4.78, 5) is 16.7. The van der Waals surface area contributed by atoms with Crippen molar-refractivity contribution in [3.63, 3.8) is 0 Å². The lowest BCUT2D eigenvalue weighted by Crippen LogP contribution is -2.12. The number of aryl methyl sites for hydroxylation is 2. The van der Waals surface area contributed by atoms with Crippen LogP contribution in [0.1, 0.15) is 21.5 Å². The number of hydrogen-bond donors (Lipinski definition) is 1. The van der Waals surface area contributed by atoms with E-state index in [2.05, 4.69) is 23.3 Å². The van der Waals surface area contributed by atoms with Crippen molar-refractivity contribution in [1.82, 2.24) is 4.98 Å². The summed E-state index contributed by atoms with van der Waals surface area (Å²) in [6.45, 7) is 4.06. The van der Waals surface area contributed by atoms with E-state index in [0.717, 1.165) is 28.1 Å². The van der Waals surface area contributed by atoms with E-state index >= 15 is 0 Å². The van der Waals surface area contributed by atoms with Crippen LogP contribution >= 0.6 is 0 Å². The zero-order chi connectivity index (χ0) is 16.2. The Hall–Kier alpha value is -2.94. The number of nitrogens with one attached hydrogen (secondary N) is 1. The molecule has 0 aliphatic carbocycles. The Bertz CT molecular complexity index is 821. The maximum atomic E-state index is 12.3. The van der Waals surface area contributed by atoms with Crippen molar-refractivity contribution in [2.24, 2.45) is 0 Å². The lowest BCUT2D eigenvalue weighted by atomic mass is 10.0. The summed E-state index contributed by atoms with van der Waals surface area (Å²) in [5, 5.41) is 2.88. The highest BCUT2D eigenvalue weighted by molar-refractivity contribution is 6.04. The van der Waals surface area contributed by atoms with Gasteiger partial charge in [-0.2, -0.15) is 0 Å². The Balaban J connectivity index is 1.78. The number of anilines is 1. The molecule has 3 rings (SSSR count). The quantitative estimate of drug-likeness (QED) is 0.767. The van der Waals surface area contributed by atoms with E-state index in [1.54, 1.807) is 12.3 Å². The molecular formula is C20H18N2O. The van der Waals surface area contributed by atoms with E-state index in [-0.39, 0.29) is 5.91 Å². The van der Waals surface area contributed by atoms with Crippen LogP contribution in [-0.4, -0.2) is 10.9 Å². The summed E-state index contributed by atoms with van der Waals surface area (Å²) in [7, 11) is 0. The molecule has 1 heterocycles. The highest BCUT2D eigenvalue weighted by Gasteiger charge is 2.08. The van der Waals surface area contributed by atoms with Gasteiger partial charge < -0.3 is 5.32 Å². The number of aromatic nitrogens is 1. The maximum Gasteiger partial charge on any atom is 0.257 e. The third-order valence-corrected chi connectivity index (χ3v) is 3.76. The van der Waals surface area contributed by atoms with Crippen LogP contribution in [0.2, 0.25) is 0 Å². The van der Waals surface area contributed by atoms with Crippen LogP contribution in [0, 0.1) is 13.8 Å². The summed E-state index contributed by atoms with van der Waals surface area (Å²) >= 11 is 0. The number of carbonyl (C=O) groups is 1. The Labute approximate surface area is 136 Å². The van der Waals surface area contributed by atoms with Crippen LogP contribution in [0.25, 0.3) is 11.3 Å². The lowest BCUT2D eigenvalue weighted by molar-refractivity contribution is 0.102. The molecule has 0 spiro atoms. The van der Waals surface area contributed by atoms with E-state index in [4.69, 9.17) is 0 Å². The summed E-state index contributed by atoms with van der Waals surface area (Å²) < 4.78 is 0. The zero-order valence-corrected chi connectivity index (χ0v) is 13.2. The van der Waals surface area contributed by atoms with Crippen molar-refractivity contribution < 1.29 is 4.79 Å².